The smallest absolute Gasteiger partial charge is 0.230 e. The molecule has 2 N–H and O–H groups in total. The predicted molar refractivity (Wildman–Crippen MR) is 101 cm³/mol. The molecule has 0 bridgehead atoms. The highest BCUT2D eigenvalue weighted by molar-refractivity contribution is 8.01. The van der Waals surface area contributed by atoms with Gasteiger partial charge in [0, 0.05) is 32.7 Å². The lowest BCUT2D eigenvalue weighted by Gasteiger charge is -2.37. The third-order valence-corrected chi connectivity index (χ3v) is 6.99. The van der Waals surface area contributed by atoms with Gasteiger partial charge in [-0.1, -0.05) is 17.8 Å². The first-order chi connectivity index (χ1) is 12.1. The first-order valence-corrected chi connectivity index (χ1v) is 10.1. The summed E-state index contributed by atoms with van der Waals surface area (Å²) in [5.74, 6) is 1.38. The van der Waals surface area contributed by atoms with Gasteiger partial charge in [0.1, 0.15) is 10.8 Å². The predicted octanol–water partition coefficient (Wildman–Crippen LogP) is 2.72. The first-order valence-electron chi connectivity index (χ1n) is 8.42. The van der Waals surface area contributed by atoms with Crippen molar-refractivity contribution in [1.82, 2.24) is 14.9 Å². The van der Waals surface area contributed by atoms with Crippen LogP contribution in [-0.4, -0.2) is 47.5 Å². The van der Waals surface area contributed by atoms with Crippen LogP contribution in [0.2, 0.25) is 0 Å². The van der Waals surface area contributed by atoms with Crippen molar-refractivity contribution >= 4 is 40.8 Å². The quantitative estimate of drug-likeness (QED) is 0.832. The fourth-order valence-corrected chi connectivity index (χ4v) is 5.50. The van der Waals surface area contributed by atoms with E-state index in [1.54, 1.807) is 23.1 Å². The Balaban J connectivity index is 1.56. The summed E-state index contributed by atoms with van der Waals surface area (Å²) in [5, 5.41) is 2.89. The summed E-state index contributed by atoms with van der Waals surface area (Å²) in [6.07, 6.45) is 2.92. The van der Waals surface area contributed by atoms with E-state index >= 15 is 0 Å². The molecular weight excluding hydrogens is 354 g/mol. The molecule has 0 aromatic carbocycles. The Morgan fingerprint density at radius 1 is 1.32 bits per heavy atom. The molecule has 0 aliphatic carbocycles. The summed E-state index contributed by atoms with van der Waals surface area (Å²) >= 11 is 3.27. The summed E-state index contributed by atoms with van der Waals surface area (Å²) in [5.41, 5.74) is 5.69. The maximum Gasteiger partial charge on any atom is 0.230 e. The van der Waals surface area contributed by atoms with E-state index in [0.717, 1.165) is 49.7 Å². The Morgan fingerprint density at radius 3 is 3.00 bits per heavy atom. The van der Waals surface area contributed by atoms with E-state index in [9.17, 15) is 4.79 Å². The lowest BCUT2D eigenvalue weighted by atomic mass is 9.78. The second kappa shape index (κ2) is 6.49. The van der Waals surface area contributed by atoms with Gasteiger partial charge < -0.3 is 15.5 Å². The van der Waals surface area contributed by atoms with E-state index in [0.29, 0.717) is 0 Å². The highest BCUT2D eigenvalue weighted by atomic mass is 32.2. The molecule has 0 radical (unpaired) electrons. The van der Waals surface area contributed by atoms with Crippen molar-refractivity contribution in [2.75, 3.05) is 37.3 Å². The third kappa shape index (κ3) is 3.20. The number of anilines is 2. The van der Waals surface area contributed by atoms with Crippen molar-refractivity contribution in [3.05, 3.63) is 23.6 Å². The summed E-state index contributed by atoms with van der Waals surface area (Å²) < 4.78 is 1.17. The Morgan fingerprint density at radius 2 is 2.20 bits per heavy atom. The molecule has 1 unspecified atom stereocenters. The minimum Gasteiger partial charge on any atom is -0.368 e. The first kappa shape index (κ1) is 16.7. The number of thiophene rings is 1. The van der Waals surface area contributed by atoms with Gasteiger partial charge in [-0.25, -0.2) is 4.98 Å². The van der Waals surface area contributed by atoms with Gasteiger partial charge in [-0.05, 0) is 30.7 Å². The lowest BCUT2D eigenvalue weighted by Crippen LogP contribution is -2.48. The fraction of sp³-hybridized carbons (Fsp3) is 0.471. The van der Waals surface area contributed by atoms with Crippen LogP contribution in [0.4, 0.5) is 11.8 Å². The molecule has 1 atom stereocenters. The average molecular weight is 376 g/mol. The number of nitrogen functional groups attached to an aromatic ring is 1. The average Bonchev–Trinajstić information content (AvgIpc) is 3.23. The van der Waals surface area contributed by atoms with Gasteiger partial charge in [-0.15, -0.1) is 11.3 Å². The van der Waals surface area contributed by atoms with Crippen LogP contribution in [0.15, 0.2) is 32.8 Å². The highest BCUT2D eigenvalue weighted by Crippen LogP contribution is 2.41. The van der Waals surface area contributed by atoms with Crippen LogP contribution in [0.1, 0.15) is 19.3 Å². The van der Waals surface area contributed by atoms with Crippen molar-refractivity contribution in [3.63, 3.8) is 0 Å². The van der Waals surface area contributed by atoms with Crippen molar-refractivity contribution in [2.24, 2.45) is 5.41 Å². The minimum absolute atomic E-state index is 0.256. The van der Waals surface area contributed by atoms with E-state index in [4.69, 9.17) is 5.73 Å². The number of nitrogens with two attached hydrogens (primary N) is 1. The largest absolute Gasteiger partial charge is 0.368 e. The van der Waals surface area contributed by atoms with Crippen molar-refractivity contribution < 1.29 is 4.79 Å². The SMILES string of the molecule is CN1CCCC2(CCN(c3cc(Sc4cccs4)nc(N)n3)C2)C1=O. The highest BCUT2D eigenvalue weighted by Gasteiger charge is 2.47. The van der Waals surface area contributed by atoms with Crippen molar-refractivity contribution in [3.8, 4) is 0 Å². The molecule has 0 saturated carbocycles. The molecule has 132 valence electrons. The third-order valence-electron chi connectivity index (χ3n) is 5.03. The van der Waals surface area contributed by atoms with Crippen LogP contribution in [0.5, 0.6) is 0 Å². The number of hydrogen-bond donors (Lipinski definition) is 1. The molecule has 2 saturated heterocycles. The van der Waals surface area contributed by atoms with Gasteiger partial charge in [-0.2, -0.15) is 4.98 Å². The Hall–Kier alpha value is -1.80. The zero-order valence-corrected chi connectivity index (χ0v) is 15.8. The normalized spacial score (nSPS) is 23.6. The summed E-state index contributed by atoms with van der Waals surface area (Å²) in [6.45, 7) is 2.41. The molecule has 2 aliphatic heterocycles. The zero-order valence-electron chi connectivity index (χ0n) is 14.1. The molecule has 25 heavy (non-hydrogen) atoms. The van der Waals surface area contributed by atoms with Gasteiger partial charge in [0.2, 0.25) is 11.9 Å². The second-order valence-corrected chi connectivity index (χ2v) is 9.01. The van der Waals surface area contributed by atoms with E-state index in [1.165, 1.54) is 4.21 Å². The summed E-state index contributed by atoms with van der Waals surface area (Å²) in [7, 11) is 1.91. The van der Waals surface area contributed by atoms with Gasteiger partial charge in [0.15, 0.2) is 0 Å². The Bertz CT molecular complexity index is 781. The molecule has 1 spiro atoms. The number of hydrogen-bond acceptors (Lipinski definition) is 7. The molecule has 2 aromatic rings. The molecule has 2 fully saturated rings. The van der Waals surface area contributed by atoms with Crippen LogP contribution < -0.4 is 10.6 Å². The number of carbonyl (C=O) groups excluding carboxylic acids is 1. The fourth-order valence-electron chi connectivity index (χ4n) is 3.78. The van der Waals surface area contributed by atoms with Crippen LogP contribution in [0.3, 0.4) is 0 Å². The molecule has 1 amide bonds. The van der Waals surface area contributed by atoms with Gasteiger partial charge in [0.05, 0.1) is 9.62 Å². The Kier molecular flexibility index (Phi) is 4.33. The summed E-state index contributed by atoms with van der Waals surface area (Å²) in [4.78, 5) is 25.5. The standard InChI is InChI=1S/C17H21N5OS2/c1-21-7-3-5-17(15(21)23)6-8-22(11-17)12-10-13(20-16(18)19-12)25-14-4-2-9-24-14/h2,4,9-10H,3,5-8,11H2,1H3,(H2,18,19,20). The van der Waals surface area contributed by atoms with Gasteiger partial charge >= 0.3 is 0 Å². The van der Waals surface area contributed by atoms with Gasteiger partial charge in [-0.3, -0.25) is 4.79 Å². The van der Waals surface area contributed by atoms with Crippen LogP contribution in [0, 0.1) is 5.41 Å². The Labute approximate surface area is 155 Å². The molecule has 4 rings (SSSR count). The summed E-state index contributed by atoms with van der Waals surface area (Å²) in [6, 6.07) is 6.07. The minimum atomic E-state index is -0.256. The molecule has 8 heteroatoms. The maximum atomic E-state index is 12.7. The van der Waals surface area contributed by atoms with Crippen LogP contribution in [0.25, 0.3) is 0 Å². The zero-order chi connectivity index (χ0) is 17.4. The second-order valence-electron chi connectivity index (χ2n) is 6.74. The number of nitrogens with zero attached hydrogens (tertiary/aromatic N) is 4. The number of piperidine rings is 1. The van der Waals surface area contributed by atoms with E-state index in [2.05, 4.69) is 20.9 Å². The maximum absolute atomic E-state index is 12.7. The molecule has 2 aromatic heterocycles. The van der Waals surface area contributed by atoms with E-state index in [-0.39, 0.29) is 17.3 Å². The molecule has 2 aliphatic rings. The number of aromatic nitrogens is 2. The van der Waals surface area contributed by atoms with Crippen LogP contribution in [-0.2, 0) is 4.79 Å². The molecular formula is C17H21N5OS2. The number of likely N-dealkylation sites (tertiary alicyclic amines) is 1. The molecule has 4 heterocycles. The molecule has 6 nitrogen and oxygen atoms in total. The van der Waals surface area contributed by atoms with Crippen LogP contribution >= 0.6 is 23.1 Å². The van der Waals surface area contributed by atoms with Crippen molar-refractivity contribution in [2.45, 2.75) is 28.5 Å². The van der Waals surface area contributed by atoms with E-state index in [1.807, 2.05) is 29.5 Å². The topological polar surface area (TPSA) is 75.3 Å². The van der Waals surface area contributed by atoms with E-state index < -0.39 is 0 Å². The number of carbonyl (C=O) groups is 1. The van der Waals surface area contributed by atoms with Gasteiger partial charge in [0.25, 0.3) is 0 Å². The number of amides is 1. The monoisotopic (exact) mass is 375 g/mol. The lowest BCUT2D eigenvalue weighted by molar-refractivity contribution is -0.143. The number of rotatable bonds is 3. The van der Waals surface area contributed by atoms with Crippen molar-refractivity contribution in [1.29, 1.82) is 0 Å².